The van der Waals surface area contributed by atoms with Crippen LogP contribution >= 0.6 is 0 Å². The van der Waals surface area contributed by atoms with Gasteiger partial charge in [0.1, 0.15) is 11.3 Å². The molecule has 3 aromatic heterocycles. The van der Waals surface area contributed by atoms with Gasteiger partial charge in [-0.3, -0.25) is 4.79 Å². The molecule has 126 valence electrons. The standard InChI is InChI=1S/C18H17N5O2/c1-10(2)22-18(24)13-8-20-17-16(13)23-15(9-21-17)25-12-3-4-14-11(7-12)5-6-19-14/h3-10,19H,1-2H3,(H,20,21)(H,22,24). The third-order valence-electron chi connectivity index (χ3n) is 3.77. The van der Waals surface area contributed by atoms with Crippen LogP contribution in [0.1, 0.15) is 24.2 Å². The molecular weight excluding hydrogens is 318 g/mol. The van der Waals surface area contributed by atoms with Crippen molar-refractivity contribution in [2.75, 3.05) is 0 Å². The molecule has 0 radical (unpaired) electrons. The third-order valence-corrected chi connectivity index (χ3v) is 3.77. The van der Waals surface area contributed by atoms with Crippen molar-refractivity contribution >= 4 is 28.0 Å². The fourth-order valence-electron chi connectivity index (χ4n) is 2.65. The first-order valence-electron chi connectivity index (χ1n) is 8.00. The topological polar surface area (TPSA) is 95.7 Å². The van der Waals surface area contributed by atoms with Gasteiger partial charge in [0.25, 0.3) is 5.91 Å². The summed E-state index contributed by atoms with van der Waals surface area (Å²) >= 11 is 0. The number of benzene rings is 1. The van der Waals surface area contributed by atoms with Crippen LogP contribution in [0, 0.1) is 0 Å². The van der Waals surface area contributed by atoms with Gasteiger partial charge >= 0.3 is 0 Å². The first-order chi connectivity index (χ1) is 12.1. The lowest BCUT2D eigenvalue weighted by Crippen LogP contribution is -2.29. The van der Waals surface area contributed by atoms with E-state index in [0.29, 0.717) is 28.4 Å². The van der Waals surface area contributed by atoms with Crippen LogP contribution in [0.2, 0.25) is 0 Å². The van der Waals surface area contributed by atoms with Crippen LogP contribution < -0.4 is 10.1 Å². The molecule has 0 spiro atoms. The number of H-pyrrole nitrogens is 2. The van der Waals surface area contributed by atoms with Crippen molar-refractivity contribution in [2.45, 2.75) is 19.9 Å². The number of carbonyl (C=O) groups is 1. The lowest BCUT2D eigenvalue weighted by Gasteiger charge is -2.07. The number of rotatable bonds is 4. The average molecular weight is 335 g/mol. The molecule has 3 N–H and O–H groups in total. The molecule has 0 unspecified atom stereocenters. The van der Waals surface area contributed by atoms with Crippen molar-refractivity contribution in [3.63, 3.8) is 0 Å². The molecule has 1 aromatic carbocycles. The number of nitrogens with one attached hydrogen (secondary N) is 3. The molecular formula is C18H17N5O2. The number of ether oxygens (including phenoxy) is 1. The van der Waals surface area contributed by atoms with Gasteiger partial charge in [-0.05, 0) is 38.1 Å². The van der Waals surface area contributed by atoms with E-state index in [1.54, 1.807) is 6.20 Å². The predicted octanol–water partition coefficient (Wildman–Crippen LogP) is 3.37. The maximum Gasteiger partial charge on any atom is 0.255 e. The molecule has 4 aromatic rings. The van der Waals surface area contributed by atoms with Gasteiger partial charge < -0.3 is 20.0 Å². The average Bonchev–Trinajstić information content (AvgIpc) is 3.19. The van der Waals surface area contributed by atoms with E-state index in [1.165, 1.54) is 6.20 Å². The first kappa shape index (κ1) is 15.2. The smallest absolute Gasteiger partial charge is 0.255 e. The monoisotopic (exact) mass is 335 g/mol. The summed E-state index contributed by atoms with van der Waals surface area (Å²) in [5, 5.41) is 3.90. The zero-order valence-corrected chi connectivity index (χ0v) is 13.8. The first-order valence-corrected chi connectivity index (χ1v) is 8.00. The quantitative estimate of drug-likeness (QED) is 0.533. The second kappa shape index (κ2) is 5.94. The summed E-state index contributed by atoms with van der Waals surface area (Å²) in [6.45, 7) is 3.81. The van der Waals surface area contributed by atoms with Gasteiger partial charge in [-0.25, -0.2) is 9.97 Å². The van der Waals surface area contributed by atoms with Crippen LogP contribution in [-0.4, -0.2) is 31.9 Å². The summed E-state index contributed by atoms with van der Waals surface area (Å²) < 4.78 is 5.82. The van der Waals surface area contributed by atoms with E-state index in [0.717, 1.165) is 10.9 Å². The summed E-state index contributed by atoms with van der Waals surface area (Å²) in [5.41, 5.74) is 2.51. The highest BCUT2D eigenvalue weighted by molar-refractivity contribution is 6.04. The fraction of sp³-hybridized carbons (Fsp3) is 0.167. The number of amides is 1. The van der Waals surface area contributed by atoms with Gasteiger partial charge in [-0.1, -0.05) is 0 Å². The van der Waals surface area contributed by atoms with Crippen LogP contribution in [0.15, 0.2) is 42.9 Å². The number of hydrogen-bond donors (Lipinski definition) is 3. The lowest BCUT2D eigenvalue weighted by atomic mass is 10.2. The zero-order valence-electron chi connectivity index (χ0n) is 13.8. The summed E-state index contributed by atoms with van der Waals surface area (Å²) in [6.07, 6.45) is 5.02. The van der Waals surface area contributed by atoms with E-state index < -0.39 is 0 Å². The van der Waals surface area contributed by atoms with Gasteiger partial charge in [-0.2, -0.15) is 0 Å². The van der Waals surface area contributed by atoms with Crippen LogP contribution in [0.5, 0.6) is 11.6 Å². The Morgan fingerprint density at radius 1 is 1.24 bits per heavy atom. The minimum Gasteiger partial charge on any atom is -0.437 e. The Kier molecular flexibility index (Phi) is 3.61. The van der Waals surface area contributed by atoms with Gasteiger partial charge in [0.05, 0.1) is 11.8 Å². The molecule has 0 aliphatic heterocycles. The number of carbonyl (C=O) groups excluding carboxylic acids is 1. The number of aromatic amines is 2. The van der Waals surface area contributed by atoms with E-state index in [1.807, 2.05) is 44.3 Å². The number of nitrogens with zero attached hydrogens (tertiary/aromatic N) is 2. The summed E-state index contributed by atoms with van der Waals surface area (Å²) in [7, 11) is 0. The molecule has 7 nitrogen and oxygen atoms in total. The Labute approximate surface area is 143 Å². The highest BCUT2D eigenvalue weighted by atomic mass is 16.5. The van der Waals surface area contributed by atoms with Crippen LogP contribution in [0.4, 0.5) is 0 Å². The number of hydrogen-bond acceptors (Lipinski definition) is 4. The highest BCUT2D eigenvalue weighted by Gasteiger charge is 2.16. The fourth-order valence-corrected chi connectivity index (χ4v) is 2.65. The predicted molar refractivity (Wildman–Crippen MR) is 94.9 cm³/mol. The molecule has 3 heterocycles. The van der Waals surface area contributed by atoms with E-state index in [-0.39, 0.29) is 11.9 Å². The Morgan fingerprint density at radius 2 is 2.12 bits per heavy atom. The number of fused-ring (bicyclic) bond motifs is 2. The SMILES string of the molecule is CC(C)NC(=O)c1c[nH]c2ncc(Oc3ccc4[nH]ccc4c3)nc12. The highest BCUT2D eigenvalue weighted by Crippen LogP contribution is 2.25. The molecule has 0 aliphatic carbocycles. The molecule has 0 bridgehead atoms. The van der Waals surface area contributed by atoms with Crippen molar-refractivity contribution in [1.82, 2.24) is 25.3 Å². The third kappa shape index (κ3) is 2.91. The maximum atomic E-state index is 12.3. The second-order valence-electron chi connectivity index (χ2n) is 6.06. The Bertz CT molecular complexity index is 1060. The van der Waals surface area contributed by atoms with E-state index in [4.69, 9.17) is 4.74 Å². The van der Waals surface area contributed by atoms with Gasteiger partial charge in [0.2, 0.25) is 5.88 Å². The van der Waals surface area contributed by atoms with Crippen molar-refractivity contribution in [2.24, 2.45) is 0 Å². The van der Waals surface area contributed by atoms with Crippen LogP contribution in [0.3, 0.4) is 0 Å². The second-order valence-corrected chi connectivity index (χ2v) is 6.06. The largest absolute Gasteiger partial charge is 0.437 e. The lowest BCUT2D eigenvalue weighted by molar-refractivity contribution is 0.0944. The van der Waals surface area contributed by atoms with Crippen LogP contribution in [0.25, 0.3) is 22.1 Å². The van der Waals surface area contributed by atoms with E-state index in [2.05, 4.69) is 25.3 Å². The molecule has 25 heavy (non-hydrogen) atoms. The Hall–Kier alpha value is -3.35. The van der Waals surface area contributed by atoms with E-state index >= 15 is 0 Å². The van der Waals surface area contributed by atoms with E-state index in [9.17, 15) is 4.79 Å². The molecule has 0 aliphatic rings. The Morgan fingerprint density at radius 3 is 2.96 bits per heavy atom. The summed E-state index contributed by atoms with van der Waals surface area (Å²) in [4.78, 5) is 27.1. The normalized spacial score (nSPS) is 11.3. The summed E-state index contributed by atoms with van der Waals surface area (Å²) in [6, 6.07) is 7.72. The Balaban J connectivity index is 1.66. The molecule has 0 fully saturated rings. The minimum atomic E-state index is -0.193. The molecule has 7 heteroatoms. The molecule has 0 atom stereocenters. The van der Waals surface area contributed by atoms with Crippen LogP contribution in [-0.2, 0) is 0 Å². The molecule has 0 saturated heterocycles. The number of aromatic nitrogens is 4. The molecule has 4 rings (SSSR count). The van der Waals surface area contributed by atoms with Gasteiger partial charge in [-0.15, -0.1) is 0 Å². The maximum absolute atomic E-state index is 12.3. The van der Waals surface area contributed by atoms with Crippen molar-refractivity contribution < 1.29 is 9.53 Å². The van der Waals surface area contributed by atoms with Gasteiger partial charge in [0, 0.05) is 29.3 Å². The zero-order chi connectivity index (χ0) is 17.4. The van der Waals surface area contributed by atoms with Crippen molar-refractivity contribution in [3.8, 4) is 11.6 Å². The summed E-state index contributed by atoms with van der Waals surface area (Å²) in [5.74, 6) is 0.798. The molecule has 1 amide bonds. The minimum absolute atomic E-state index is 0.0397. The van der Waals surface area contributed by atoms with Gasteiger partial charge in [0.15, 0.2) is 5.65 Å². The van der Waals surface area contributed by atoms with Crippen molar-refractivity contribution in [1.29, 1.82) is 0 Å². The van der Waals surface area contributed by atoms with Crippen molar-refractivity contribution in [3.05, 3.63) is 48.4 Å². The molecule has 0 saturated carbocycles.